The number of aryl methyl sites for hydroxylation is 1. The minimum atomic E-state index is -0.226. The Hall–Kier alpha value is -1.20. The summed E-state index contributed by atoms with van der Waals surface area (Å²) in [5.74, 6) is -0.226. The molecule has 0 aliphatic heterocycles. The third-order valence-corrected chi connectivity index (χ3v) is 4.42. The van der Waals surface area contributed by atoms with Gasteiger partial charge in [0.15, 0.2) is 0 Å². The van der Waals surface area contributed by atoms with E-state index in [4.69, 9.17) is 10.8 Å². The van der Waals surface area contributed by atoms with Crippen molar-refractivity contribution in [1.82, 2.24) is 9.78 Å². The molecule has 2 N–H and O–H groups in total. The summed E-state index contributed by atoms with van der Waals surface area (Å²) >= 11 is 3.48. The second-order valence-electron chi connectivity index (χ2n) is 5.01. The van der Waals surface area contributed by atoms with Crippen molar-refractivity contribution in [3.63, 3.8) is 0 Å². The highest BCUT2D eigenvalue weighted by molar-refractivity contribution is 9.10. The third-order valence-electron chi connectivity index (χ3n) is 3.64. The molecule has 0 atom stereocenters. The van der Waals surface area contributed by atoms with Crippen molar-refractivity contribution >= 4 is 15.9 Å². The van der Waals surface area contributed by atoms with Crippen LogP contribution in [0.3, 0.4) is 0 Å². The first-order valence-corrected chi connectivity index (χ1v) is 8.11. The van der Waals surface area contributed by atoms with Crippen LogP contribution in [0.4, 0.5) is 4.39 Å². The van der Waals surface area contributed by atoms with Gasteiger partial charge >= 0.3 is 0 Å². The summed E-state index contributed by atoms with van der Waals surface area (Å²) in [5, 5.41) is 4.70. The molecule has 0 unspecified atom stereocenters. The van der Waals surface area contributed by atoms with Gasteiger partial charge in [-0.05, 0) is 55.1 Å². The minimum absolute atomic E-state index is 0.226. The zero-order valence-corrected chi connectivity index (χ0v) is 14.1. The van der Waals surface area contributed by atoms with Crippen LogP contribution in [0.25, 0.3) is 0 Å². The van der Waals surface area contributed by atoms with Gasteiger partial charge in [-0.2, -0.15) is 5.10 Å². The molecule has 2 rings (SSSR count). The number of halogens is 2. The number of aromatic nitrogens is 2. The van der Waals surface area contributed by atoms with Crippen LogP contribution in [0, 0.1) is 5.82 Å². The molecule has 3 nitrogen and oxygen atoms in total. The minimum Gasteiger partial charge on any atom is -0.330 e. The van der Waals surface area contributed by atoms with Crippen molar-refractivity contribution in [1.29, 1.82) is 0 Å². The van der Waals surface area contributed by atoms with E-state index in [0.717, 1.165) is 35.0 Å². The molecule has 5 heteroatoms. The zero-order chi connectivity index (χ0) is 15.4. The summed E-state index contributed by atoms with van der Waals surface area (Å²) in [5.41, 5.74) is 10.2. The molecule has 0 saturated carbocycles. The van der Waals surface area contributed by atoms with E-state index < -0.39 is 0 Å². The van der Waals surface area contributed by atoms with Crippen molar-refractivity contribution in [3.8, 4) is 0 Å². The lowest BCUT2D eigenvalue weighted by Gasteiger charge is -2.09. The maximum atomic E-state index is 13.4. The maximum Gasteiger partial charge on any atom is 0.123 e. The largest absolute Gasteiger partial charge is 0.330 e. The Morgan fingerprint density at radius 3 is 2.67 bits per heavy atom. The van der Waals surface area contributed by atoms with Gasteiger partial charge in [-0.25, -0.2) is 4.39 Å². The standard InChI is InChI=1S/C16H21BrFN3/c1-3-15-13(7-8-19)16(4-2)21(20-15)10-11-9-12(18)5-6-14(11)17/h5-6,9H,3-4,7-8,10,19H2,1-2H3. The van der Waals surface area contributed by atoms with Crippen molar-refractivity contribution in [3.05, 3.63) is 51.0 Å². The van der Waals surface area contributed by atoms with Crippen LogP contribution in [-0.2, 0) is 25.8 Å². The number of hydrogen-bond acceptors (Lipinski definition) is 2. The third kappa shape index (κ3) is 3.52. The zero-order valence-electron chi connectivity index (χ0n) is 12.5. The summed E-state index contributed by atoms with van der Waals surface area (Å²) in [7, 11) is 0. The van der Waals surface area contributed by atoms with Crippen LogP contribution < -0.4 is 5.73 Å². The summed E-state index contributed by atoms with van der Waals surface area (Å²) < 4.78 is 16.3. The monoisotopic (exact) mass is 353 g/mol. The first-order chi connectivity index (χ1) is 10.1. The second kappa shape index (κ2) is 7.18. The van der Waals surface area contributed by atoms with Crippen LogP contribution in [0.2, 0.25) is 0 Å². The van der Waals surface area contributed by atoms with Crippen LogP contribution in [0.1, 0.15) is 36.4 Å². The molecular weight excluding hydrogens is 333 g/mol. The van der Waals surface area contributed by atoms with Gasteiger partial charge in [-0.15, -0.1) is 0 Å². The molecule has 0 bridgehead atoms. The van der Waals surface area contributed by atoms with E-state index in [2.05, 4.69) is 29.8 Å². The Morgan fingerprint density at radius 1 is 1.29 bits per heavy atom. The van der Waals surface area contributed by atoms with Gasteiger partial charge in [-0.3, -0.25) is 4.68 Å². The first-order valence-electron chi connectivity index (χ1n) is 7.32. The van der Waals surface area contributed by atoms with E-state index >= 15 is 0 Å². The fraction of sp³-hybridized carbons (Fsp3) is 0.438. The normalized spacial score (nSPS) is 11.1. The van der Waals surface area contributed by atoms with E-state index in [0.29, 0.717) is 13.1 Å². The highest BCUT2D eigenvalue weighted by atomic mass is 79.9. The number of nitrogens with zero attached hydrogens (tertiary/aromatic N) is 2. The van der Waals surface area contributed by atoms with Crippen molar-refractivity contribution in [2.24, 2.45) is 5.73 Å². The molecule has 1 aromatic heterocycles. The lowest BCUT2D eigenvalue weighted by molar-refractivity contribution is 0.610. The number of hydrogen-bond donors (Lipinski definition) is 1. The van der Waals surface area contributed by atoms with Crippen LogP contribution >= 0.6 is 15.9 Å². The first kappa shape index (κ1) is 16.2. The molecule has 0 amide bonds. The average Bonchev–Trinajstić information content (AvgIpc) is 2.80. The fourth-order valence-corrected chi connectivity index (χ4v) is 3.03. The summed E-state index contributed by atoms with van der Waals surface area (Å²) in [6, 6.07) is 4.75. The van der Waals surface area contributed by atoms with Gasteiger partial charge in [0.1, 0.15) is 5.82 Å². The topological polar surface area (TPSA) is 43.8 Å². The molecule has 0 radical (unpaired) electrons. The molecular formula is C16H21BrFN3. The Bertz CT molecular complexity index is 622. The molecule has 0 fully saturated rings. The maximum absolute atomic E-state index is 13.4. The number of nitrogens with two attached hydrogens (primary N) is 1. The van der Waals surface area contributed by atoms with Gasteiger partial charge in [-0.1, -0.05) is 29.8 Å². The predicted molar refractivity (Wildman–Crippen MR) is 86.9 cm³/mol. The van der Waals surface area contributed by atoms with Gasteiger partial charge in [0.25, 0.3) is 0 Å². The van der Waals surface area contributed by atoms with Crippen LogP contribution in [0.15, 0.2) is 22.7 Å². The van der Waals surface area contributed by atoms with E-state index in [1.165, 1.54) is 17.3 Å². The average molecular weight is 354 g/mol. The van der Waals surface area contributed by atoms with Crippen molar-refractivity contribution in [2.75, 3.05) is 6.54 Å². The lowest BCUT2D eigenvalue weighted by Crippen LogP contribution is -2.09. The van der Waals surface area contributed by atoms with Crippen molar-refractivity contribution in [2.45, 2.75) is 39.7 Å². The van der Waals surface area contributed by atoms with Crippen LogP contribution in [0.5, 0.6) is 0 Å². The molecule has 21 heavy (non-hydrogen) atoms. The lowest BCUT2D eigenvalue weighted by atomic mass is 10.1. The SMILES string of the molecule is CCc1nn(Cc2cc(F)ccc2Br)c(CC)c1CCN. The van der Waals surface area contributed by atoms with Gasteiger partial charge in [0.2, 0.25) is 0 Å². The summed E-state index contributed by atoms with van der Waals surface area (Å²) in [4.78, 5) is 0. The van der Waals surface area contributed by atoms with E-state index in [1.807, 2.05) is 4.68 Å². The van der Waals surface area contributed by atoms with E-state index in [1.54, 1.807) is 12.1 Å². The highest BCUT2D eigenvalue weighted by Gasteiger charge is 2.15. The summed E-state index contributed by atoms with van der Waals surface area (Å²) in [6.07, 6.45) is 2.63. The van der Waals surface area contributed by atoms with Crippen LogP contribution in [-0.4, -0.2) is 16.3 Å². The molecule has 0 aliphatic rings. The van der Waals surface area contributed by atoms with Gasteiger partial charge in [0.05, 0.1) is 12.2 Å². The molecule has 2 aromatic rings. The Kier molecular flexibility index (Phi) is 5.53. The Balaban J connectivity index is 2.41. The molecule has 0 spiro atoms. The highest BCUT2D eigenvalue weighted by Crippen LogP contribution is 2.22. The van der Waals surface area contributed by atoms with Gasteiger partial charge < -0.3 is 5.73 Å². The molecule has 0 saturated heterocycles. The van der Waals surface area contributed by atoms with Crippen molar-refractivity contribution < 1.29 is 4.39 Å². The summed E-state index contributed by atoms with van der Waals surface area (Å²) in [6.45, 7) is 5.41. The second-order valence-corrected chi connectivity index (χ2v) is 5.87. The van der Waals surface area contributed by atoms with E-state index in [-0.39, 0.29) is 5.82 Å². The quantitative estimate of drug-likeness (QED) is 0.864. The molecule has 0 aliphatic carbocycles. The Morgan fingerprint density at radius 2 is 2.05 bits per heavy atom. The molecule has 1 heterocycles. The number of benzene rings is 1. The van der Waals surface area contributed by atoms with E-state index in [9.17, 15) is 4.39 Å². The van der Waals surface area contributed by atoms with Gasteiger partial charge in [0, 0.05) is 10.2 Å². The predicted octanol–water partition coefficient (Wildman–Crippen LogP) is 3.46. The molecule has 114 valence electrons. The smallest absolute Gasteiger partial charge is 0.123 e. The molecule has 1 aromatic carbocycles. The Labute approximate surface area is 133 Å². The number of rotatable bonds is 6. The fourth-order valence-electron chi connectivity index (χ4n) is 2.66.